The first-order chi connectivity index (χ1) is 10.1. The van der Waals surface area contributed by atoms with Crippen LogP contribution in [0, 0.1) is 12.7 Å². The molecule has 0 spiro atoms. The molecule has 1 aromatic heterocycles. The summed E-state index contributed by atoms with van der Waals surface area (Å²) in [5.74, 6) is 0.0261. The topological polar surface area (TPSA) is 69.6 Å². The van der Waals surface area contributed by atoms with E-state index in [1.54, 1.807) is 0 Å². The molecule has 1 heterocycles. The molecule has 0 fully saturated rings. The summed E-state index contributed by atoms with van der Waals surface area (Å²) in [6.07, 6.45) is 0. The van der Waals surface area contributed by atoms with Crippen LogP contribution in [0.3, 0.4) is 0 Å². The summed E-state index contributed by atoms with van der Waals surface area (Å²) in [6.45, 7) is 1.90. The van der Waals surface area contributed by atoms with Gasteiger partial charge < -0.3 is 5.73 Å². The van der Waals surface area contributed by atoms with Crippen LogP contribution in [0.15, 0.2) is 36.4 Å². The summed E-state index contributed by atoms with van der Waals surface area (Å²) in [5, 5.41) is 11.8. The average molecular weight is 304 g/mol. The van der Waals surface area contributed by atoms with E-state index in [1.807, 2.05) is 25.1 Å². The molecule has 21 heavy (non-hydrogen) atoms. The van der Waals surface area contributed by atoms with Crippen molar-refractivity contribution in [3.8, 4) is 17.1 Å². The van der Waals surface area contributed by atoms with Crippen LogP contribution in [0.2, 0.25) is 5.02 Å². The van der Waals surface area contributed by atoms with E-state index >= 15 is 0 Å². The summed E-state index contributed by atoms with van der Waals surface area (Å²) < 4.78 is 14.6. The lowest BCUT2D eigenvalue weighted by Gasteiger charge is -2.09. The highest BCUT2D eigenvalue weighted by Crippen LogP contribution is 2.29. The Morgan fingerprint density at radius 2 is 2.05 bits per heavy atom. The van der Waals surface area contributed by atoms with Gasteiger partial charge in [0.1, 0.15) is 5.82 Å². The Morgan fingerprint density at radius 1 is 1.24 bits per heavy atom. The van der Waals surface area contributed by atoms with E-state index < -0.39 is 5.82 Å². The molecule has 3 aromatic rings. The van der Waals surface area contributed by atoms with Crippen LogP contribution in [0.25, 0.3) is 17.1 Å². The Kier molecular flexibility index (Phi) is 3.31. The Hall–Kier alpha value is -2.47. The minimum atomic E-state index is -0.423. The zero-order valence-electron chi connectivity index (χ0n) is 11.1. The Bertz CT molecular complexity index is 815. The van der Waals surface area contributed by atoms with E-state index in [0.717, 1.165) is 5.56 Å². The van der Waals surface area contributed by atoms with Gasteiger partial charge >= 0.3 is 0 Å². The molecule has 0 aliphatic rings. The van der Waals surface area contributed by atoms with E-state index in [9.17, 15) is 4.39 Å². The fourth-order valence-corrected chi connectivity index (χ4v) is 2.29. The van der Waals surface area contributed by atoms with E-state index in [-0.39, 0.29) is 5.02 Å². The molecule has 0 aliphatic heterocycles. The van der Waals surface area contributed by atoms with Gasteiger partial charge in [-0.2, -0.15) is 4.68 Å². The van der Waals surface area contributed by atoms with Crippen LogP contribution in [-0.2, 0) is 0 Å². The number of para-hydroxylation sites is 1. The van der Waals surface area contributed by atoms with Crippen LogP contribution < -0.4 is 5.73 Å². The molecule has 0 saturated carbocycles. The number of nitrogens with zero attached hydrogens (tertiary/aromatic N) is 4. The van der Waals surface area contributed by atoms with Gasteiger partial charge in [0.05, 0.1) is 10.7 Å². The zero-order chi connectivity index (χ0) is 15.0. The van der Waals surface area contributed by atoms with Crippen molar-refractivity contribution in [3.05, 3.63) is 52.8 Å². The molecule has 0 aliphatic carbocycles. The number of hydrogen-bond donors (Lipinski definition) is 1. The average Bonchev–Trinajstić information content (AvgIpc) is 2.91. The number of nitrogen functional groups attached to an aromatic ring is 1. The number of halogens is 2. The maximum atomic E-state index is 13.2. The molecule has 106 valence electrons. The molecule has 2 aromatic carbocycles. The van der Waals surface area contributed by atoms with E-state index in [1.165, 1.54) is 22.9 Å². The van der Waals surface area contributed by atoms with Gasteiger partial charge in [-0.05, 0) is 47.2 Å². The number of nitrogens with two attached hydrogens (primary N) is 1. The van der Waals surface area contributed by atoms with Crippen LogP contribution in [0.4, 0.5) is 10.1 Å². The molecule has 0 bridgehead atoms. The van der Waals surface area contributed by atoms with E-state index in [4.69, 9.17) is 17.3 Å². The van der Waals surface area contributed by atoms with Crippen LogP contribution in [0.1, 0.15) is 5.56 Å². The van der Waals surface area contributed by atoms with Gasteiger partial charge in [-0.15, -0.1) is 5.10 Å². The number of tetrazole rings is 1. The van der Waals surface area contributed by atoms with Gasteiger partial charge in [0.15, 0.2) is 5.82 Å². The molecule has 0 amide bonds. The number of rotatable bonds is 2. The fraction of sp³-hybridized carbons (Fsp3) is 0.0714. The molecule has 0 saturated heterocycles. The maximum absolute atomic E-state index is 13.2. The third-order valence-electron chi connectivity index (χ3n) is 3.17. The van der Waals surface area contributed by atoms with Crippen molar-refractivity contribution in [1.82, 2.24) is 20.2 Å². The highest BCUT2D eigenvalue weighted by atomic mass is 35.5. The smallest absolute Gasteiger partial charge is 0.189 e. The van der Waals surface area contributed by atoms with Crippen LogP contribution in [0.5, 0.6) is 0 Å². The maximum Gasteiger partial charge on any atom is 0.189 e. The quantitative estimate of drug-likeness (QED) is 0.739. The van der Waals surface area contributed by atoms with Crippen molar-refractivity contribution in [3.63, 3.8) is 0 Å². The van der Waals surface area contributed by atoms with E-state index in [0.29, 0.717) is 22.8 Å². The lowest BCUT2D eigenvalue weighted by atomic mass is 10.1. The van der Waals surface area contributed by atoms with Gasteiger partial charge in [-0.1, -0.05) is 23.7 Å². The highest BCUT2D eigenvalue weighted by Gasteiger charge is 2.16. The molecule has 0 atom stereocenters. The minimum absolute atomic E-state index is 0.217. The van der Waals surface area contributed by atoms with Gasteiger partial charge in [-0.3, -0.25) is 0 Å². The van der Waals surface area contributed by atoms with E-state index in [2.05, 4.69) is 15.5 Å². The predicted molar refractivity (Wildman–Crippen MR) is 78.7 cm³/mol. The lowest BCUT2D eigenvalue weighted by Crippen LogP contribution is -2.03. The minimum Gasteiger partial charge on any atom is -0.398 e. The predicted octanol–water partition coefficient (Wildman–Crippen LogP) is 3.01. The number of benzene rings is 2. The summed E-state index contributed by atoms with van der Waals surface area (Å²) in [4.78, 5) is 0. The monoisotopic (exact) mass is 303 g/mol. The number of aromatic nitrogens is 4. The number of anilines is 1. The summed E-state index contributed by atoms with van der Waals surface area (Å²) in [6, 6.07) is 9.61. The Balaban J connectivity index is 2.20. The van der Waals surface area contributed by atoms with Crippen molar-refractivity contribution < 1.29 is 4.39 Å². The van der Waals surface area contributed by atoms with Gasteiger partial charge in [0.2, 0.25) is 0 Å². The van der Waals surface area contributed by atoms with Crippen LogP contribution in [-0.4, -0.2) is 20.2 Å². The second kappa shape index (κ2) is 5.14. The largest absolute Gasteiger partial charge is 0.398 e. The molecule has 7 heteroatoms. The second-order valence-electron chi connectivity index (χ2n) is 4.55. The van der Waals surface area contributed by atoms with Gasteiger partial charge in [0.25, 0.3) is 0 Å². The van der Waals surface area contributed by atoms with Crippen molar-refractivity contribution in [2.75, 3.05) is 5.73 Å². The van der Waals surface area contributed by atoms with Crippen LogP contribution >= 0.6 is 11.6 Å². The summed E-state index contributed by atoms with van der Waals surface area (Å²) >= 11 is 6.06. The summed E-state index contributed by atoms with van der Waals surface area (Å²) in [7, 11) is 0. The standard InChI is InChI=1S/C14H11ClFN5/c1-8-3-2-4-10(13(8)17)14-18-19-20-21(14)12-6-5-9(16)7-11(12)15/h2-7H,17H2,1H3. The van der Waals surface area contributed by atoms with Gasteiger partial charge in [-0.25, -0.2) is 4.39 Å². The van der Waals surface area contributed by atoms with Crippen molar-refractivity contribution >= 4 is 17.3 Å². The third-order valence-corrected chi connectivity index (χ3v) is 3.48. The normalized spacial score (nSPS) is 10.8. The van der Waals surface area contributed by atoms with Crippen molar-refractivity contribution in [2.45, 2.75) is 6.92 Å². The van der Waals surface area contributed by atoms with Crippen molar-refractivity contribution in [2.24, 2.45) is 0 Å². The summed E-state index contributed by atoms with van der Waals surface area (Å²) in [5.41, 5.74) is 8.77. The highest BCUT2D eigenvalue weighted by molar-refractivity contribution is 6.32. The molecule has 0 radical (unpaired) electrons. The molecule has 0 unspecified atom stereocenters. The SMILES string of the molecule is Cc1cccc(-c2nnnn2-c2ccc(F)cc2Cl)c1N. The Labute approximate surface area is 125 Å². The van der Waals surface area contributed by atoms with Crippen molar-refractivity contribution in [1.29, 1.82) is 0 Å². The number of aryl methyl sites for hydroxylation is 1. The second-order valence-corrected chi connectivity index (χ2v) is 4.95. The lowest BCUT2D eigenvalue weighted by molar-refractivity contribution is 0.627. The molecule has 2 N–H and O–H groups in total. The third kappa shape index (κ3) is 2.34. The molecule has 3 rings (SSSR count). The Morgan fingerprint density at radius 3 is 2.81 bits per heavy atom. The molecule has 5 nitrogen and oxygen atoms in total. The first-order valence-electron chi connectivity index (χ1n) is 6.17. The first kappa shape index (κ1) is 13.5. The fourth-order valence-electron chi connectivity index (χ4n) is 2.05. The molecular formula is C14H11ClFN5. The zero-order valence-corrected chi connectivity index (χ0v) is 11.8. The van der Waals surface area contributed by atoms with Gasteiger partial charge in [0, 0.05) is 11.3 Å². The first-order valence-corrected chi connectivity index (χ1v) is 6.55. The molecular weight excluding hydrogens is 293 g/mol. The number of hydrogen-bond acceptors (Lipinski definition) is 4.